The molecular formula is C26H24N4O3. The Labute approximate surface area is 192 Å². The minimum Gasteiger partial charge on any atom is -0.493 e. The zero-order valence-corrected chi connectivity index (χ0v) is 18.2. The van der Waals surface area contributed by atoms with E-state index in [1.54, 1.807) is 19.2 Å². The summed E-state index contributed by atoms with van der Waals surface area (Å²) in [5.74, 6) is 1.76. The number of para-hydroxylation sites is 2. The molecule has 0 aliphatic rings. The number of nitrogens with zero attached hydrogens (tertiary/aromatic N) is 2. The first-order valence-corrected chi connectivity index (χ1v) is 10.5. The predicted octanol–water partition coefficient (Wildman–Crippen LogP) is 4.70. The highest BCUT2D eigenvalue weighted by atomic mass is 16.5. The summed E-state index contributed by atoms with van der Waals surface area (Å²) in [5.41, 5.74) is 3.19. The van der Waals surface area contributed by atoms with Gasteiger partial charge in [-0.2, -0.15) is 0 Å². The van der Waals surface area contributed by atoms with Crippen LogP contribution in [0.25, 0.3) is 11.3 Å². The highest BCUT2D eigenvalue weighted by Crippen LogP contribution is 2.25. The van der Waals surface area contributed by atoms with Crippen LogP contribution in [0.4, 0.5) is 11.5 Å². The highest BCUT2D eigenvalue weighted by molar-refractivity contribution is 5.94. The maximum atomic E-state index is 12.4. The van der Waals surface area contributed by atoms with Gasteiger partial charge in [-0.1, -0.05) is 42.5 Å². The van der Waals surface area contributed by atoms with E-state index in [0.717, 1.165) is 16.9 Å². The second-order valence-electron chi connectivity index (χ2n) is 7.13. The van der Waals surface area contributed by atoms with Crippen molar-refractivity contribution in [3.05, 3.63) is 96.6 Å². The van der Waals surface area contributed by atoms with Crippen molar-refractivity contribution in [2.75, 3.05) is 25.6 Å². The summed E-state index contributed by atoms with van der Waals surface area (Å²) in [5, 5.41) is 14.5. The lowest BCUT2D eigenvalue weighted by Gasteiger charge is -2.11. The van der Waals surface area contributed by atoms with Gasteiger partial charge in [0.25, 0.3) is 5.91 Å². The van der Waals surface area contributed by atoms with Gasteiger partial charge in [0, 0.05) is 16.8 Å². The van der Waals surface area contributed by atoms with E-state index in [-0.39, 0.29) is 5.91 Å². The summed E-state index contributed by atoms with van der Waals surface area (Å²) in [6, 6.07) is 28.2. The van der Waals surface area contributed by atoms with Crippen molar-refractivity contribution in [3.8, 4) is 22.8 Å². The molecule has 0 spiro atoms. The van der Waals surface area contributed by atoms with Crippen LogP contribution in [0, 0.1) is 0 Å². The maximum Gasteiger partial charge on any atom is 0.251 e. The molecule has 2 N–H and O–H groups in total. The van der Waals surface area contributed by atoms with Crippen LogP contribution >= 0.6 is 0 Å². The zero-order valence-electron chi connectivity index (χ0n) is 18.2. The molecule has 166 valence electrons. The van der Waals surface area contributed by atoms with Crippen molar-refractivity contribution in [2.24, 2.45) is 0 Å². The monoisotopic (exact) mass is 440 g/mol. The number of hydrogen-bond acceptors (Lipinski definition) is 6. The molecule has 0 saturated heterocycles. The molecule has 7 nitrogen and oxygen atoms in total. The first-order chi connectivity index (χ1) is 16.2. The van der Waals surface area contributed by atoms with Crippen LogP contribution < -0.4 is 20.1 Å². The van der Waals surface area contributed by atoms with Crippen LogP contribution in [-0.4, -0.2) is 36.4 Å². The summed E-state index contributed by atoms with van der Waals surface area (Å²) in [4.78, 5) is 12.4. The van der Waals surface area contributed by atoms with Gasteiger partial charge < -0.3 is 20.1 Å². The van der Waals surface area contributed by atoms with Crippen molar-refractivity contribution in [2.45, 2.75) is 0 Å². The Morgan fingerprint density at radius 2 is 1.55 bits per heavy atom. The maximum absolute atomic E-state index is 12.4. The second kappa shape index (κ2) is 10.8. The minimum absolute atomic E-state index is 0.169. The van der Waals surface area contributed by atoms with E-state index >= 15 is 0 Å². The molecular weight excluding hydrogens is 416 g/mol. The molecule has 4 aromatic rings. The van der Waals surface area contributed by atoms with E-state index in [9.17, 15) is 4.79 Å². The Balaban J connectivity index is 1.26. The topological polar surface area (TPSA) is 85.4 Å². The molecule has 4 rings (SSSR count). The number of aromatic nitrogens is 2. The summed E-state index contributed by atoms with van der Waals surface area (Å²) < 4.78 is 10.9. The van der Waals surface area contributed by atoms with Crippen LogP contribution in [0.1, 0.15) is 10.4 Å². The molecule has 0 saturated carbocycles. The number of carbonyl (C=O) groups excluding carboxylic acids is 1. The lowest BCUT2D eigenvalue weighted by molar-refractivity contribution is 0.0947. The lowest BCUT2D eigenvalue weighted by atomic mass is 10.1. The summed E-state index contributed by atoms with van der Waals surface area (Å²) in [6.07, 6.45) is 0. The average molecular weight is 441 g/mol. The Hall–Kier alpha value is -4.39. The fourth-order valence-electron chi connectivity index (χ4n) is 3.18. The largest absolute Gasteiger partial charge is 0.493 e. The van der Waals surface area contributed by atoms with Crippen LogP contribution in [0.15, 0.2) is 91.0 Å². The van der Waals surface area contributed by atoms with Gasteiger partial charge in [-0.15, -0.1) is 10.2 Å². The number of anilines is 2. The van der Waals surface area contributed by atoms with Crippen LogP contribution in [-0.2, 0) is 0 Å². The Morgan fingerprint density at radius 3 is 2.24 bits per heavy atom. The molecule has 0 bridgehead atoms. The van der Waals surface area contributed by atoms with Crippen LogP contribution in [0.5, 0.6) is 11.5 Å². The molecule has 1 heterocycles. The number of amides is 1. The van der Waals surface area contributed by atoms with Gasteiger partial charge in [0.15, 0.2) is 17.3 Å². The fraction of sp³-hybridized carbons (Fsp3) is 0.115. The number of nitrogens with one attached hydrogen (secondary N) is 2. The lowest BCUT2D eigenvalue weighted by Crippen LogP contribution is -2.28. The number of rotatable bonds is 9. The standard InChI is InChI=1S/C26H24N4O3/c1-32-23-9-5-6-10-24(23)33-18-17-27-26(31)20-11-13-21(14-12-20)28-25-16-15-22(29-30-25)19-7-3-2-4-8-19/h2-16H,17-18H2,1H3,(H,27,31)(H,28,30). The fourth-order valence-corrected chi connectivity index (χ4v) is 3.18. The molecule has 0 fully saturated rings. The van der Waals surface area contributed by atoms with Gasteiger partial charge >= 0.3 is 0 Å². The third-order valence-corrected chi connectivity index (χ3v) is 4.87. The third-order valence-electron chi connectivity index (χ3n) is 4.87. The van der Waals surface area contributed by atoms with Crippen molar-refractivity contribution >= 4 is 17.4 Å². The quantitative estimate of drug-likeness (QED) is 0.367. The zero-order chi connectivity index (χ0) is 22.9. The summed E-state index contributed by atoms with van der Waals surface area (Å²) in [6.45, 7) is 0.712. The minimum atomic E-state index is -0.169. The molecule has 0 unspecified atom stereocenters. The van der Waals surface area contributed by atoms with Gasteiger partial charge in [0.1, 0.15) is 6.61 Å². The normalized spacial score (nSPS) is 10.3. The summed E-state index contributed by atoms with van der Waals surface area (Å²) in [7, 11) is 1.59. The van der Waals surface area contributed by atoms with Crippen LogP contribution in [0.2, 0.25) is 0 Å². The Morgan fingerprint density at radius 1 is 0.818 bits per heavy atom. The van der Waals surface area contributed by atoms with Gasteiger partial charge in [-0.05, 0) is 48.5 Å². The van der Waals surface area contributed by atoms with Crippen LogP contribution in [0.3, 0.4) is 0 Å². The molecule has 0 aliphatic heterocycles. The molecule has 3 aromatic carbocycles. The number of benzene rings is 3. The van der Waals surface area contributed by atoms with Crippen molar-refractivity contribution in [1.29, 1.82) is 0 Å². The van der Waals surface area contributed by atoms with Gasteiger partial charge in [-0.25, -0.2) is 0 Å². The smallest absolute Gasteiger partial charge is 0.251 e. The molecule has 1 aromatic heterocycles. The number of carbonyl (C=O) groups is 1. The molecule has 0 atom stereocenters. The van der Waals surface area contributed by atoms with E-state index in [1.165, 1.54) is 0 Å². The second-order valence-corrected chi connectivity index (χ2v) is 7.13. The number of ether oxygens (including phenoxy) is 2. The van der Waals surface area contributed by atoms with Gasteiger partial charge in [-0.3, -0.25) is 4.79 Å². The molecule has 0 aliphatic carbocycles. The van der Waals surface area contributed by atoms with E-state index in [4.69, 9.17) is 9.47 Å². The van der Waals surface area contributed by atoms with E-state index in [1.807, 2.05) is 78.9 Å². The van der Waals surface area contributed by atoms with Crippen molar-refractivity contribution in [1.82, 2.24) is 15.5 Å². The predicted molar refractivity (Wildman–Crippen MR) is 128 cm³/mol. The molecule has 33 heavy (non-hydrogen) atoms. The molecule has 0 radical (unpaired) electrons. The molecule has 1 amide bonds. The Bertz CT molecular complexity index is 1180. The van der Waals surface area contributed by atoms with E-state index < -0.39 is 0 Å². The number of methoxy groups -OCH3 is 1. The van der Waals surface area contributed by atoms with E-state index in [2.05, 4.69) is 20.8 Å². The molecule has 7 heteroatoms. The average Bonchev–Trinajstić information content (AvgIpc) is 2.88. The number of hydrogen-bond donors (Lipinski definition) is 2. The van der Waals surface area contributed by atoms with Gasteiger partial charge in [0.2, 0.25) is 0 Å². The van der Waals surface area contributed by atoms with Crippen molar-refractivity contribution in [3.63, 3.8) is 0 Å². The Kier molecular flexibility index (Phi) is 7.12. The van der Waals surface area contributed by atoms with E-state index in [0.29, 0.717) is 36.0 Å². The first-order valence-electron chi connectivity index (χ1n) is 10.5. The third kappa shape index (κ3) is 5.86. The highest BCUT2D eigenvalue weighted by Gasteiger charge is 2.07. The summed E-state index contributed by atoms with van der Waals surface area (Å²) >= 11 is 0. The van der Waals surface area contributed by atoms with Gasteiger partial charge in [0.05, 0.1) is 19.3 Å². The SMILES string of the molecule is COc1ccccc1OCCNC(=O)c1ccc(Nc2ccc(-c3ccccc3)nn2)cc1. The van der Waals surface area contributed by atoms with Crippen molar-refractivity contribution < 1.29 is 14.3 Å². The first kappa shape index (κ1) is 21.8.